The van der Waals surface area contributed by atoms with E-state index in [1.165, 1.54) is 0 Å². The highest BCUT2D eigenvalue weighted by atomic mass is 16.5. The number of nitrogens with two attached hydrogens (primary N) is 1. The van der Waals surface area contributed by atoms with E-state index in [1.807, 2.05) is 19.1 Å². The molecule has 0 aliphatic heterocycles. The molecule has 16 heavy (non-hydrogen) atoms. The summed E-state index contributed by atoms with van der Waals surface area (Å²) in [5, 5.41) is 0. The number of aromatic amines is 1. The lowest BCUT2D eigenvalue weighted by Crippen LogP contribution is -2.25. The van der Waals surface area contributed by atoms with Crippen molar-refractivity contribution in [3.63, 3.8) is 0 Å². The first-order valence-corrected chi connectivity index (χ1v) is 5.28. The van der Waals surface area contributed by atoms with E-state index in [0.717, 1.165) is 22.7 Å². The van der Waals surface area contributed by atoms with Crippen LogP contribution in [0.5, 0.6) is 0 Å². The molecule has 0 fully saturated rings. The van der Waals surface area contributed by atoms with Crippen LogP contribution in [0.25, 0.3) is 11.2 Å². The van der Waals surface area contributed by atoms with E-state index in [9.17, 15) is 0 Å². The molecule has 86 valence electrons. The van der Waals surface area contributed by atoms with Crippen LogP contribution in [0.4, 0.5) is 0 Å². The molecule has 2 aromatic rings. The fraction of sp³-hybridized carbons (Fsp3) is 0.455. The lowest BCUT2D eigenvalue weighted by atomic mass is 10.2. The predicted octanol–water partition coefficient (Wildman–Crippen LogP) is 0.783. The van der Waals surface area contributed by atoms with Gasteiger partial charge in [-0.1, -0.05) is 0 Å². The van der Waals surface area contributed by atoms with Crippen molar-refractivity contribution in [3.8, 4) is 0 Å². The number of hydrogen-bond donors (Lipinski definition) is 2. The number of rotatable bonds is 4. The van der Waals surface area contributed by atoms with Crippen LogP contribution in [0.3, 0.4) is 0 Å². The van der Waals surface area contributed by atoms with E-state index in [1.54, 1.807) is 7.11 Å². The van der Waals surface area contributed by atoms with Gasteiger partial charge in [0, 0.05) is 25.8 Å². The monoisotopic (exact) mass is 220 g/mol. The molecule has 0 aliphatic rings. The van der Waals surface area contributed by atoms with Gasteiger partial charge in [-0.3, -0.25) is 0 Å². The van der Waals surface area contributed by atoms with Crippen molar-refractivity contribution in [2.24, 2.45) is 5.73 Å². The lowest BCUT2D eigenvalue weighted by Gasteiger charge is -2.09. The summed E-state index contributed by atoms with van der Waals surface area (Å²) in [4.78, 5) is 12.0. The van der Waals surface area contributed by atoms with Crippen LogP contribution in [0.15, 0.2) is 12.1 Å². The van der Waals surface area contributed by atoms with Gasteiger partial charge in [-0.15, -0.1) is 0 Å². The van der Waals surface area contributed by atoms with Crippen LogP contribution in [-0.2, 0) is 11.2 Å². The van der Waals surface area contributed by atoms with E-state index in [-0.39, 0.29) is 6.10 Å². The first-order chi connectivity index (χ1) is 7.72. The van der Waals surface area contributed by atoms with Crippen molar-refractivity contribution in [1.29, 1.82) is 0 Å². The van der Waals surface area contributed by atoms with Crippen LogP contribution in [0.1, 0.15) is 11.5 Å². The van der Waals surface area contributed by atoms with Crippen LogP contribution >= 0.6 is 0 Å². The molecule has 3 N–H and O–H groups in total. The van der Waals surface area contributed by atoms with Crippen molar-refractivity contribution in [1.82, 2.24) is 15.0 Å². The SMILES string of the molecule is COC(CN)Cc1nc2nc(C)ccc2[nH]1. The number of hydrogen-bond acceptors (Lipinski definition) is 4. The average molecular weight is 220 g/mol. The number of nitrogens with one attached hydrogen (secondary N) is 1. The third kappa shape index (κ3) is 2.20. The van der Waals surface area contributed by atoms with Gasteiger partial charge in [0.05, 0.1) is 11.6 Å². The number of fused-ring (bicyclic) bond motifs is 1. The van der Waals surface area contributed by atoms with Gasteiger partial charge in [0.25, 0.3) is 0 Å². The molecule has 2 rings (SSSR count). The third-order valence-electron chi connectivity index (χ3n) is 2.55. The van der Waals surface area contributed by atoms with Gasteiger partial charge in [0.15, 0.2) is 5.65 Å². The molecule has 0 bridgehead atoms. The Balaban J connectivity index is 2.25. The minimum Gasteiger partial charge on any atom is -0.380 e. The summed E-state index contributed by atoms with van der Waals surface area (Å²) in [7, 11) is 1.66. The number of imidazole rings is 1. The minimum atomic E-state index is 0.00154. The van der Waals surface area contributed by atoms with Crippen LogP contribution in [0, 0.1) is 6.92 Å². The summed E-state index contributed by atoms with van der Waals surface area (Å²) in [5.74, 6) is 0.866. The van der Waals surface area contributed by atoms with Gasteiger partial charge in [-0.05, 0) is 19.1 Å². The second-order valence-corrected chi connectivity index (χ2v) is 3.80. The Morgan fingerprint density at radius 3 is 2.94 bits per heavy atom. The van der Waals surface area contributed by atoms with E-state index >= 15 is 0 Å². The van der Waals surface area contributed by atoms with Gasteiger partial charge >= 0.3 is 0 Å². The quantitative estimate of drug-likeness (QED) is 0.798. The molecule has 0 amide bonds. The largest absolute Gasteiger partial charge is 0.380 e. The maximum Gasteiger partial charge on any atom is 0.177 e. The Morgan fingerprint density at radius 2 is 2.25 bits per heavy atom. The molecule has 5 nitrogen and oxygen atoms in total. The fourth-order valence-electron chi connectivity index (χ4n) is 1.61. The Labute approximate surface area is 94.0 Å². The summed E-state index contributed by atoms with van der Waals surface area (Å²) < 4.78 is 5.22. The summed E-state index contributed by atoms with van der Waals surface area (Å²) in [6.45, 7) is 2.44. The first kappa shape index (κ1) is 11.0. The van der Waals surface area contributed by atoms with Crippen molar-refractivity contribution in [3.05, 3.63) is 23.7 Å². The Kier molecular flexibility index (Phi) is 3.17. The molecule has 0 saturated heterocycles. The Morgan fingerprint density at radius 1 is 1.44 bits per heavy atom. The number of methoxy groups -OCH3 is 1. The number of H-pyrrole nitrogens is 1. The van der Waals surface area contributed by atoms with E-state index in [4.69, 9.17) is 10.5 Å². The summed E-state index contributed by atoms with van der Waals surface area (Å²) >= 11 is 0. The normalized spacial score (nSPS) is 13.2. The number of ether oxygens (including phenoxy) is 1. The van der Waals surface area contributed by atoms with Gasteiger partial charge in [-0.25, -0.2) is 9.97 Å². The molecule has 0 radical (unpaired) electrons. The van der Waals surface area contributed by atoms with Gasteiger partial charge in [-0.2, -0.15) is 0 Å². The van der Waals surface area contributed by atoms with Crippen molar-refractivity contribution >= 4 is 11.2 Å². The van der Waals surface area contributed by atoms with Crippen molar-refractivity contribution in [2.75, 3.05) is 13.7 Å². The van der Waals surface area contributed by atoms with Gasteiger partial charge in [0.1, 0.15) is 5.82 Å². The first-order valence-electron chi connectivity index (χ1n) is 5.28. The predicted molar refractivity (Wildman–Crippen MR) is 62.2 cm³/mol. The number of aromatic nitrogens is 3. The van der Waals surface area contributed by atoms with Crippen LogP contribution in [-0.4, -0.2) is 34.7 Å². The second kappa shape index (κ2) is 4.59. The Hall–Kier alpha value is -1.46. The second-order valence-electron chi connectivity index (χ2n) is 3.80. The maximum atomic E-state index is 5.57. The standard InChI is InChI=1S/C11H16N4O/c1-7-3-4-9-11(13-7)15-10(14-9)5-8(6-12)16-2/h3-4,8H,5-6,12H2,1-2H3,(H,13,14,15). The zero-order chi connectivity index (χ0) is 11.5. The van der Waals surface area contributed by atoms with Crippen LogP contribution in [0.2, 0.25) is 0 Å². The van der Waals surface area contributed by atoms with E-state index < -0.39 is 0 Å². The number of nitrogens with zero attached hydrogens (tertiary/aromatic N) is 2. The summed E-state index contributed by atoms with van der Waals surface area (Å²) in [6, 6.07) is 3.94. The molecule has 5 heteroatoms. The highest BCUT2D eigenvalue weighted by Gasteiger charge is 2.10. The molecule has 1 atom stereocenters. The lowest BCUT2D eigenvalue weighted by molar-refractivity contribution is 0.108. The molecular weight excluding hydrogens is 204 g/mol. The molecule has 0 spiro atoms. The number of pyridine rings is 1. The van der Waals surface area contributed by atoms with Crippen LogP contribution < -0.4 is 5.73 Å². The molecule has 0 aromatic carbocycles. The molecular formula is C11H16N4O. The molecule has 0 saturated carbocycles. The van der Waals surface area contributed by atoms with Gasteiger partial charge in [0.2, 0.25) is 0 Å². The highest BCUT2D eigenvalue weighted by Crippen LogP contribution is 2.11. The Bertz CT molecular complexity index is 476. The number of aryl methyl sites for hydroxylation is 1. The topological polar surface area (TPSA) is 76.8 Å². The summed E-state index contributed by atoms with van der Waals surface area (Å²) in [5.41, 5.74) is 8.24. The average Bonchev–Trinajstić information content (AvgIpc) is 2.67. The molecule has 1 unspecified atom stereocenters. The molecule has 0 aliphatic carbocycles. The molecule has 2 heterocycles. The van der Waals surface area contributed by atoms with Crippen molar-refractivity contribution in [2.45, 2.75) is 19.4 Å². The summed E-state index contributed by atoms with van der Waals surface area (Å²) in [6.07, 6.45) is 0.684. The zero-order valence-corrected chi connectivity index (χ0v) is 9.53. The molecule has 2 aromatic heterocycles. The smallest absolute Gasteiger partial charge is 0.177 e. The van der Waals surface area contributed by atoms with E-state index in [0.29, 0.717) is 13.0 Å². The zero-order valence-electron chi connectivity index (χ0n) is 9.53. The highest BCUT2D eigenvalue weighted by molar-refractivity contribution is 5.70. The van der Waals surface area contributed by atoms with Crippen molar-refractivity contribution < 1.29 is 4.74 Å². The minimum absolute atomic E-state index is 0.00154. The third-order valence-corrected chi connectivity index (χ3v) is 2.55. The fourth-order valence-corrected chi connectivity index (χ4v) is 1.61. The van der Waals surface area contributed by atoms with Gasteiger partial charge < -0.3 is 15.5 Å². The maximum absolute atomic E-state index is 5.57. The van der Waals surface area contributed by atoms with E-state index in [2.05, 4.69) is 15.0 Å².